The molecule has 3 heterocycles. The van der Waals surface area contributed by atoms with Crippen molar-refractivity contribution in [3.05, 3.63) is 30.1 Å². The molecule has 9 heteroatoms. The Balaban J connectivity index is 1.74. The summed E-state index contributed by atoms with van der Waals surface area (Å²) >= 11 is 0. The number of aromatic nitrogens is 4. The first kappa shape index (κ1) is 15.9. The van der Waals surface area contributed by atoms with Gasteiger partial charge in [0.2, 0.25) is 0 Å². The Morgan fingerprint density at radius 2 is 2.04 bits per heavy atom. The number of rotatable bonds is 5. The molecule has 0 aliphatic carbocycles. The van der Waals surface area contributed by atoms with Gasteiger partial charge in [-0.25, -0.2) is 28.1 Å². The van der Waals surface area contributed by atoms with Crippen LogP contribution in [0.15, 0.2) is 23.6 Å². The Hall–Kier alpha value is -2.00. The first-order valence-corrected chi connectivity index (χ1v) is 9.10. The van der Waals surface area contributed by atoms with Crippen molar-refractivity contribution in [1.29, 1.82) is 0 Å². The summed E-state index contributed by atoms with van der Waals surface area (Å²) in [4.78, 5) is 17.4. The fraction of sp³-hybridized carbons (Fsp3) is 0.500. The number of piperidine rings is 1. The molecule has 23 heavy (non-hydrogen) atoms. The van der Waals surface area contributed by atoms with E-state index in [4.69, 9.17) is 0 Å². The minimum atomic E-state index is -3.63. The number of nitrogens with one attached hydrogen (secondary N) is 2. The highest BCUT2D eigenvalue weighted by atomic mass is 32.2. The molecule has 0 aromatic carbocycles. The lowest BCUT2D eigenvalue weighted by Crippen LogP contribution is -2.31. The predicted octanol–water partition coefficient (Wildman–Crippen LogP) is 0.977. The number of sulfonamides is 1. The first-order valence-electron chi connectivity index (χ1n) is 7.62. The molecule has 0 saturated carbocycles. The summed E-state index contributed by atoms with van der Waals surface area (Å²) in [7, 11) is -3.63. The van der Waals surface area contributed by atoms with Crippen molar-refractivity contribution < 1.29 is 8.42 Å². The van der Waals surface area contributed by atoms with Gasteiger partial charge in [0.1, 0.15) is 11.6 Å². The smallest absolute Gasteiger partial charge is 0.258 e. The molecule has 1 aliphatic rings. The topological polar surface area (TPSA) is 104 Å². The molecule has 1 aliphatic heterocycles. The van der Waals surface area contributed by atoms with E-state index in [-0.39, 0.29) is 11.6 Å². The zero-order valence-electron chi connectivity index (χ0n) is 13.0. The van der Waals surface area contributed by atoms with Gasteiger partial charge in [0.25, 0.3) is 10.0 Å². The molecule has 0 spiro atoms. The number of nitrogens with zero attached hydrogens (tertiary/aromatic N) is 4. The van der Waals surface area contributed by atoms with Crippen LogP contribution in [0.5, 0.6) is 0 Å². The summed E-state index contributed by atoms with van der Waals surface area (Å²) in [5, 5.41) is 0.0291. The molecule has 1 fully saturated rings. The third kappa shape index (κ3) is 3.85. The van der Waals surface area contributed by atoms with Crippen LogP contribution in [0.3, 0.4) is 0 Å². The quantitative estimate of drug-likeness (QED) is 0.843. The number of hydrogen-bond acceptors (Lipinski definition) is 6. The Morgan fingerprint density at radius 3 is 2.74 bits per heavy atom. The number of hydrogen-bond donors (Lipinski definition) is 2. The molecule has 2 N–H and O–H groups in total. The molecule has 2 aromatic rings. The van der Waals surface area contributed by atoms with Gasteiger partial charge in [-0.1, -0.05) is 0 Å². The lowest BCUT2D eigenvalue weighted by molar-refractivity contribution is 0.568. The zero-order chi connectivity index (χ0) is 16.3. The van der Waals surface area contributed by atoms with E-state index < -0.39 is 10.0 Å². The van der Waals surface area contributed by atoms with Crippen LogP contribution in [0, 0.1) is 6.92 Å². The molecule has 0 bridgehead atoms. The molecule has 2 aromatic heterocycles. The molecular formula is C14H20N6O2S. The predicted molar refractivity (Wildman–Crippen MR) is 85.4 cm³/mol. The van der Waals surface area contributed by atoms with Crippen LogP contribution in [-0.2, 0) is 16.6 Å². The van der Waals surface area contributed by atoms with Crippen LogP contribution >= 0.6 is 0 Å². The van der Waals surface area contributed by atoms with Gasteiger partial charge in [-0.2, -0.15) is 0 Å². The van der Waals surface area contributed by atoms with Crippen LogP contribution in [0.25, 0.3) is 0 Å². The Labute approximate surface area is 135 Å². The maximum Gasteiger partial charge on any atom is 0.258 e. The van der Waals surface area contributed by atoms with Gasteiger partial charge in [0.05, 0.1) is 19.1 Å². The lowest BCUT2D eigenvalue weighted by atomic mass is 10.1. The summed E-state index contributed by atoms with van der Waals surface area (Å²) in [6.07, 6.45) is 6.15. The molecule has 3 rings (SSSR count). The van der Waals surface area contributed by atoms with E-state index in [0.29, 0.717) is 5.82 Å². The van der Waals surface area contributed by atoms with Gasteiger partial charge in [0.15, 0.2) is 5.03 Å². The van der Waals surface area contributed by atoms with Gasteiger partial charge in [0, 0.05) is 24.8 Å². The van der Waals surface area contributed by atoms with Crippen molar-refractivity contribution in [2.24, 2.45) is 0 Å². The molecule has 0 atom stereocenters. The van der Waals surface area contributed by atoms with Crippen molar-refractivity contribution in [2.45, 2.75) is 37.8 Å². The molecule has 1 saturated heterocycles. The van der Waals surface area contributed by atoms with Crippen LogP contribution in [0.2, 0.25) is 0 Å². The van der Waals surface area contributed by atoms with Crippen LogP contribution in [0.1, 0.15) is 30.8 Å². The van der Waals surface area contributed by atoms with Crippen molar-refractivity contribution in [1.82, 2.24) is 24.7 Å². The molecule has 0 unspecified atom stereocenters. The average molecular weight is 336 g/mol. The second-order valence-electron chi connectivity index (χ2n) is 5.57. The lowest BCUT2D eigenvalue weighted by Gasteiger charge is -2.28. The largest absolute Gasteiger partial charge is 0.357 e. The second-order valence-corrected chi connectivity index (χ2v) is 7.31. The minimum Gasteiger partial charge on any atom is -0.357 e. The van der Waals surface area contributed by atoms with Crippen molar-refractivity contribution in [3.63, 3.8) is 0 Å². The highest BCUT2D eigenvalue weighted by Crippen LogP contribution is 2.18. The van der Waals surface area contributed by atoms with Crippen molar-refractivity contribution in [3.8, 4) is 0 Å². The molecule has 124 valence electrons. The average Bonchev–Trinajstić information content (AvgIpc) is 3.09. The fourth-order valence-corrected chi connectivity index (χ4v) is 3.49. The zero-order valence-corrected chi connectivity index (χ0v) is 13.8. The Morgan fingerprint density at radius 1 is 1.26 bits per heavy atom. The number of aromatic amines is 1. The molecule has 0 amide bonds. The van der Waals surface area contributed by atoms with E-state index in [1.165, 1.54) is 18.9 Å². The summed E-state index contributed by atoms with van der Waals surface area (Å²) in [6.45, 7) is 3.90. The summed E-state index contributed by atoms with van der Waals surface area (Å²) < 4.78 is 26.7. The Kier molecular flexibility index (Phi) is 4.58. The highest BCUT2D eigenvalue weighted by Gasteiger charge is 2.17. The third-order valence-electron chi connectivity index (χ3n) is 3.75. The second kappa shape index (κ2) is 6.63. The first-order chi connectivity index (χ1) is 11.0. The van der Waals surface area contributed by atoms with E-state index in [2.05, 4.69) is 29.6 Å². The van der Waals surface area contributed by atoms with Crippen molar-refractivity contribution >= 4 is 15.8 Å². The standard InChI is InChI=1S/C14H20N6O2S/c1-11-7-13(20-5-3-2-4-6-20)19-12(18-11)8-17-23(21,22)14-9-15-10-16-14/h7,9-10,17H,2-6,8H2,1H3,(H,15,16). The Bertz CT molecular complexity index is 754. The minimum absolute atomic E-state index is 0.0291. The van der Waals surface area contributed by atoms with E-state index in [0.717, 1.165) is 37.4 Å². The number of anilines is 1. The van der Waals surface area contributed by atoms with Gasteiger partial charge >= 0.3 is 0 Å². The van der Waals surface area contributed by atoms with Gasteiger partial charge in [-0.05, 0) is 26.2 Å². The normalized spacial score (nSPS) is 15.8. The van der Waals surface area contributed by atoms with Crippen molar-refractivity contribution in [2.75, 3.05) is 18.0 Å². The fourth-order valence-electron chi connectivity index (χ4n) is 2.60. The summed E-state index contributed by atoms with van der Waals surface area (Å²) in [5.74, 6) is 1.33. The molecule has 0 radical (unpaired) electrons. The summed E-state index contributed by atoms with van der Waals surface area (Å²) in [6, 6.07) is 1.94. The number of aryl methyl sites for hydroxylation is 1. The molecular weight excluding hydrogens is 316 g/mol. The van der Waals surface area contributed by atoms with E-state index in [1.807, 2.05) is 13.0 Å². The monoisotopic (exact) mass is 336 g/mol. The summed E-state index contributed by atoms with van der Waals surface area (Å²) in [5.41, 5.74) is 0.830. The maximum absolute atomic E-state index is 12.1. The maximum atomic E-state index is 12.1. The van der Waals surface area contributed by atoms with E-state index in [1.54, 1.807) is 0 Å². The van der Waals surface area contributed by atoms with Crippen LogP contribution in [-0.4, -0.2) is 41.4 Å². The number of imidazole rings is 1. The molecule has 8 nitrogen and oxygen atoms in total. The SMILES string of the molecule is Cc1cc(N2CCCCC2)nc(CNS(=O)(=O)c2cnc[nH]2)n1. The number of H-pyrrole nitrogens is 1. The highest BCUT2D eigenvalue weighted by molar-refractivity contribution is 7.89. The van der Waals surface area contributed by atoms with Gasteiger partial charge < -0.3 is 9.88 Å². The van der Waals surface area contributed by atoms with Crippen LogP contribution in [0.4, 0.5) is 5.82 Å². The third-order valence-corrected chi connectivity index (χ3v) is 5.08. The van der Waals surface area contributed by atoms with E-state index >= 15 is 0 Å². The van der Waals surface area contributed by atoms with Crippen LogP contribution < -0.4 is 9.62 Å². The van der Waals surface area contributed by atoms with Gasteiger partial charge in [-0.3, -0.25) is 0 Å². The van der Waals surface area contributed by atoms with Gasteiger partial charge in [-0.15, -0.1) is 0 Å². The van der Waals surface area contributed by atoms with E-state index in [9.17, 15) is 8.42 Å².